The number of benzene rings is 2. The van der Waals surface area contributed by atoms with Gasteiger partial charge in [0.25, 0.3) is 0 Å². The lowest BCUT2D eigenvalue weighted by molar-refractivity contribution is 0.210. The summed E-state index contributed by atoms with van der Waals surface area (Å²) in [5, 5.41) is 0. The number of imidazole rings is 1. The largest absolute Gasteiger partial charge is 0.345 e. The van der Waals surface area contributed by atoms with Crippen molar-refractivity contribution in [3.05, 3.63) is 66.0 Å². The fraction of sp³-hybridized carbons (Fsp3) is 0.350. The summed E-state index contributed by atoms with van der Waals surface area (Å²) in [7, 11) is 0. The van der Waals surface area contributed by atoms with E-state index < -0.39 is 0 Å². The lowest BCUT2D eigenvalue weighted by Gasteiger charge is -2.33. The fourth-order valence-electron chi connectivity index (χ4n) is 3.68. The number of aromatic amines is 1. The van der Waals surface area contributed by atoms with Crippen molar-refractivity contribution in [3.8, 4) is 0 Å². The average molecular weight is 305 g/mol. The summed E-state index contributed by atoms with van der Waals surface area (Å²) in [5.74, 6) is 0.694. The molecule has 23 heavy (non-hydrogen) atoms. The van der Waals surface area contributed by atoms with Gasteiger partial charge in [-0.3, -0.25) is 0 Å². The third-order valence-electron chi connectivity index (χ3n) is 4.98. The number of piperidine rings is 1. The number of rotatable bonds is 4. The molecule has 3 heteroatoms. The number of nitrogens with zero attached hydrogens (tertiary/aromatic N) is 2. The number of H-pyrrole nitrogens is 1. The lowest BCUT2D eigenvalue weighted by Crippen LogP contribution is -2.35. The van der Waals surface area contributed by atoms with Crippen molar-refractivity contribution in [2.75, 3.05) is 19.6 Å². The van der Waals surface area contributed by atoms with Crippen molar-refractivity contribution < 1.29 is 0 Å². The standard InChI is InChI=1S/C20H23N3/c1-2-5-17(6-3-1)18-7-4-11-23(14-18)12-10-16-8-9-19-20(13-16)22-15-21-19/h1-3,5-6,8-9,13,15,18H,4,7,10-12,14H2,(H,21,22). The molecule has 0 amide bonds. The second-order valence-corrected chi connectivity index (χ2v) is 6.55. The molecular weight excluding hydrogens is 282 g/mol. The molecule has 1 unspecified atom stereocenters. The topological polar surface area (TPSA) is 31.9 Å². The molecule has 1 fully saturated rings. The summed E-state index contributed by atoms with van der Waals surface area (Å²) in [6.45, 7) is 3.56. The van der Waals surface area contributed by atoms with Crippen molar-refractivity contribution in [3.63, 3.8) is 0 Å². The Labute approximate surface area is 137 Å². The molecule has 4 rings (SSSR count). The summed E-state index contributed by atoms with van der Waals surface area (Å²) in [4.78, 5) is 10.1. The lowest BCUT2D eigenvalue weighted by atomic mass is 9.90. The van der Waals surface area contributed by atoms with E-state index in [1.807, 2.05) is 0 Å². The summed E-state index contributed by atoms with van der Waals surface area (Å²) in [6.07, 6.45) is 5.50. The minimum atomic E-state index is 0.694. The van der Waals surface area contributed by atoms with Crippen molar-refractivity contribution >= 4 is 11.0 Å². The Balaban J connectivity index is 1.38. The van der Waals surface area contributed by atoms with Gasteiger partial charge in [-0.25, -0.2) is 4.98 Å². The van der Waals surface area contributed by atoms with Crippen LogP contribution in [-0.2, 0) is 6.42 Å². The first kappa shape index (κ1) is 14.5. The zero-order valence-electron chi connectivity index (χ0n) is 13.4. The van der Waals surface area contributed by atoms with Gasteiger partial charge in [-0.05, 0) is 55.0 Å². The van der Waals surface area contributed by atoms with Gasteiger partial charge in [-0.2, -0.15) is 0 Å². The maximum atomic E-state index is 4.29. The van der Waals surface area contributed by atoms with Crippen LogP contribution in [-0.4, -0.2) is 34.5 Å². The maximum absolute atomic E-state index is 4.29. The Hall–Kier alpha value is -2.13. The molecule has 3 nitrogen and oxygen atoms in total. The van der Waals surface area contributed by atoms with E-state index in [9.17, 15) is 0 Å². The van der Waals surface area contributed by atoms with E-state index in [1.165, 1.54) is 37.1 Å². The molecule has 0 radical (unpaired) electrons. The fourth-order valence-corrected chi connectivity index (χ4v) is 3.68. The van der Waals surface area contributed by atoms with Gasteiger partial charge in [-0.1, -0.05) is 36.4 Å². The Bertz CT molecular complexity index is 763. The SMILES string of the molecule is c1ccc(C2CCCN(CCc3ccc4nc[nH]c4c3)C2)cc1. The first-order valence-corrected chi connectivity index (χ1v) is 8.58. The first-order chi connectivity index (χ1) is 11.4. The van der Waals surface area contributed by atoms with Crippen molar-refractivity contribution in [1.29, 1.82) is 0 Å². The van der Waals surface area contributed by atoms with Crippen molar-refractivity contribution in [2.24, 2.45) is 0 Å². The molecule has 0 saturated carbocycles. The molecule has 1 aromatic heterocycles. The van der Waals surface area contributed by atoms with Gasteiger partial charge >= 0.3 is 0 Å². The summed E-state index contributed by atoms with van der Waals surface area (Å²) < 4.78 is 0. The molecule has 2 aromatic carbocycles. The Morgan fingerprint density at radius 2 is 2.04 bits per heavy atom. The third-order valence-corrected chi connectivity index (χ3v) is 4.98. The van der Waals surface area contributed by atoms with Crippen LogP contribution in [0.1, 0.15) is 29.9 Å². The predicted molar refractivity (Wildman–Crippen MR) is 94.7 cm³/mol. The number of fused-ring (bicyclic) bond motifs is 1. The molecule has 1 saturated heterocycles. The molecule has 2 heterocycles. The highest BCUT2D eigenvalue weighted by Gasteiger charge is 2.20. The monoisotopic (exact) mass is 305 g/mol. The normalized spacial score (nSPS) is 19.2. The van der Waals surface area contributed by atoms with Crippen LogP contribution in [0.15, 0.2) is 54.9 Å². The highest BCUT2D eigenvalue weighted by molar-refractivity contribution is 5.75. The second kappa shape index (κ2) is 6.55. The number of aromatic nitrogens is 2. The molecule has 0 aliphatic carbocycles. The van der Waals surface area contributed by atoms with E-state index in [1.54, 1.807) is 6.33 Å². The van der Waals surface area contributed by atoms with Crippen molar-refractivity contribution in [2.45, 2.75) is 25.2 Å². The van der Waals surface area contributed by atoms with Crippen molar-refractivity contribution in [1.82, 2.24) is 14.9 Å². The number of hydrogen-bond acceptors (Lipinski definition) is 2. The minimum Gasteiger partial charge on any atom is -0.345 e. The van der Waals surface area contributed by atoms with Gasteiger partial charge in [-0.15, -0.1) is 0 Å². The van der Waals surface area contributed by atoms with Gasteiger partial charge in [0, 0.05) is 13.1 Å². The van der Waals surface area contributed by atoms with Gasteiger partial charge < -0.3 is 9.88 Å². The zero-order valence-corrected chi connectivity index (χ0v) is 13.4. The molecule has 1 aliphatic rings. The van der Waals surface area contributed by atoms with E-state index in [2.05, 4.69) is 63.4 Å². The number of likely N-dealkylation sites (tertiary alicyclic amines) is 1. The van der Waals surface area contributed by atoms with Crippen LogP contribution in [0.3, 0.4) is 0 Å². The third kappa shape index (κ3) is 3.30. The summed E-state index contributed by atoms with van der Waals surface area (Å²) in [6, 6.07) is 17.5. The smallest absolute Gasteiger partial charge is 0.0931 e. The van der Waals surface area contributed by atoms with Crippen LogP contribution in [0.2, 0.25) is 0 Å². The van der Waals surface area contributed by atoms with E-state index in [4.69, 9.17) is 0 Å². The number of hydrogen-bond donors (Lipinski definition) is 1. The predicted octanol–water partition coefficient (Wildman–Crippen LogP) is 3.99. The van der Waals surface area contributed by atoms with Crippen LogP contribution in [0.25, 0.3) is 11.0 Å². The minimum absolute atomic E-state index is 0.694. The molecular formula is C20H23N3. The van der Waals surface area contributed by atoms with Crippen LogP contribution in [0.5, 0.6) is 0 Å². The van der Waals surface area contributed by atoms with Crippen LogP contribution in [0, 0.1) is 0 Å². The summed E-state index contributed by atoms with van der Waals surface area (Å²) in [5.41, 5.74) is 5.08. The van der Waals surface area contributed by atoms with Gasteiger partial charge in [0.2, 0.25) is 0 Å². The Morgan fingerprint density at radius 1 is 1.13 bits per heavy atom. The van der Waals surface area contributed by atoms with E-state index in [-0.39, 0.29) is 0 Å². The summed E-state index contributed by atoms with van der Waals surface area (Å²) >= 11 is 0. The van der Waals surface area contributed by atoms with Crippen LogP contribution >= 0.6 is 0 Å². The maximum Gasteiger partial charge on any atom is 0.0931 e. The molecule has 3 aromatic rings. The molecule has 0 bridgehead atoms. The highest BCUT2D eigenvalue weighted by Crippen LogP contribution is 2.26. The van der Waals surface area contributed by atoms with E-state index in [0.29, 0.717) is 5.92 Å². The molecule has 0 spiro atoms. The zero-order chi connectivity index (χ0) is 15.5. The molecule has 118 valence electrons. The molecule has 1 N–H and O–H groups in total. The average Bonchev–Trinajstić information content (AvgIpc) is 3.09. The van der Waals surface area contributed by atoms with Gasteiger partial charge in [0.1, 0.15) is 0 Å². The van der Waals surface area contributed by atoms with Gasteiger partial charge in [0.15, 0.2) is 0 Å². The quantitative estimate of drug-likeness (QED) is 0.790. The second-order valence-electron chi connectivity index (χ2n) is 6.55. The highest BCUT2D eigenvalue weighted by atomic mass is 15.1. The van der Waals surface area contributed by atoms with Gasteiger partial charge in [0.05, 0.1) is 17.4 Å². The molecule has 1 aliphatic heterocycles. The van der Waals surface area contributed by atoms with Crippen LogP contribution in [0.4, 0.5) is 0 Å². The Kier molecular flexibility index (Phi) is 4.12. The molecule has 1 atom stereocenters. The first-order valence-electron chi connectivity index (χ1n) is 8.58. The van der Waals surface area contributed by atoms with E-state index in [0.717, 1.165) is 24.0 Å². The van der Waals surface area contributed by atoms with Crippen LogP contribution < -0.4 is 0 Å². The Morgan fingerprint density at radius 3 is 2.96 bits per heavy atom. The van der Waals surface area contributed by atoms with E-state index >= 15 is 0 Å². The number of nitrogens with one attached hydrogen (secondary N) is 1.